The zero-order valence-electron chi connectivity index (χ0n) is 22.7. The first-order chi connectivity index (χ1) is 20.0. The Labute approximate surface area is 237 Å². The minimum atomic E-state index is -0.405. The summed E-state index contributed by atoms with van der Waals surface area (Å²) in [6, 6.07) is 30.7. The molecule has 1 aromatic heterocycles. The van der Waals surface area contributed by atoms with Crippen molar-refractivity contribution in [3.8, 4) is 17.2 Å². The number of aromatic hydroxyl groups is 2. The van der Waals surface area contributed by atoms with Crippen molar-refractivity contribution < 1.29 is 10.2 Å². The lowest BCUT2D eigenvalue weighted by Crippen LogP contribution is -2.46. The topological polar surface area (TPSA) is 98.3 Å². The maximum absolute atomic E-state index is 10.6. The van der Waals surface area contributed by atoms with Crippen molar-refractivity contribution in [2.75, 3.05) is 10.2 Å². The summed E-state index contributed by atoms with van der Waals surface area (Å²) in [7, 11) is 0. The van der Waals surface area contributed by atoms with E-state index in [2.05, 4.69) is 41.4 Å². The van der Waals surface area contributed by atoms with Crippen LogP contribution in [-0.2, 0) is 6.42 Å². The molecule has 41 heavy (non-hydrogen) atoms. The number of para-hydroxylation sites is 3. The maximum Gasteiger partial charge on any atom is 0.179 e. The van der Waals surface area contributed by atoms with E-state index in [1.807, 2.05) is 72.3 Å². The molecule has 0 fully saturated rings. The molecule has 8 nitrogen and oxygen atoms in total. The second kappa shape index (κ2) is 9.67. The van der Waals surface area contributed by atoms with Crippen LogP contribution >= 0.6 is 0 Å². The molecule has 1 unspecified atom stereocenters. The summed E-state index contributed by atoms with van der Waals surface area (Å²) in [6.45, 7) is 4.11. The lowest BCUT2D eigenvalue weighted by atomic mass is 9.93. The van der Waals surface area contributed by atoms with Crippen LogP contribution in [0.2, 0.25) is 0 Å². The van der Waals surface area contributed by atoms with Gasteiger partial charge in [0.1, 0.15) is 0 Å². The molecule has 1 atom stereocenters. The number of benzene rings is 4. The van der Waals surface area contributed by atoms with Crippen molar-refractivity contribution in [2.24, 2.45) is 9.98 Å². The van der Waals surface area contributed by atoms with Gasteiger partial charge in [-0.05, 0) is 73.0 Å². The second-order valence-corrected chi connectivity index (χ2v) is 10.2. The Morgan fingerprint density at radius 1 is 0.829 bits per heavy atom. The number of aliphatic imine (C=N–C) groups is 2. The molecule has 0 spiro atoms. The molecular weight excluding hydrogens is 512 g/mol. The Balaban J connectivity index is 1.48. The number of phenolic OH excluding ortho intramolecular Hbond substituents is 2. The zero-order valence-corrected chi connectivity index (χ0v) is 22.7. The van der Waals surface area contributed by atoms with Crippen LogP contribution < -0.4 is 10.2 Å². The van der Waals surface area contributed by atoms with Crippen molar-refractivity contribution >= 4 is 34.6 Å². The first-order valence-electron chi connectivity index (χ1n) is 13.6. The molecule has 0 aliphatic carbocycles. The number of fused-ring (bicyclic) bond motifs is 4. The van der Waals surface area contributed by atoms with E-state index >= 15 is 0 Å². The van der Waals surface area contributed by atoms with Gasteiger partial charge < -0.3 is 20.4 Å². The van der Waals surface area contributed by atoms with Gasteiger partial charge in [0.15, 0.2) is 29.0 Å². The molecule has 0 radical (unpaired) electrons. The Morgan fingerprint density at radius 3 is 2.34 bits per heavy atom. The number of anilines is 2. The molecule has 2 aliphatic rings. The van der Waals surface area contributed by atoms with Gasteiger partial charge >= 0.3 is 0 Å². The number of nitrogens with zero attached hydrogens (tertiary/aromatic N) is 5. The first kappa shape index (κ1) is 24.7. The summed E-state index contributed by atoms with van der Waals surface area (Å²) in [5, 5.41) is 29.2. The Morgan fingerprint density at radius 2 is 1.59 bits per heavy atom. The molecule has 3 N–H and O–H groups in total. The van der Waals surface area contributed by atoms with Crippen LogP contribution in [0.3, 0.4) is 0 Å². The van der Waals surface area contributed by atoms with Crippen LogP contribution in [0.4, 0.5) is 22.9 Å². The molecule has 7 rings (SSSR count). The largest absolute Gasteiger partial charge is 0.504 e. The highest BCUT2D eigenvalue weighted by Crippen LogP contribution is 2.49. The minimum Gasteiger partial charge on any atom is -0.504 e. The van der Waals surface area contributed by atoms with Crippen LogP contribution in [0.25, 0.3) is 5.69 Å². The molecule has 0 saturated heterocycles. The van der Waals surface area contributed by atoms with Gasteiger partial charge in [-0.2, -0.15) is 5.10 Å². The van der Waals surface area contributed by atoms with Crippen molar-refractivity contribution in [2.45, 2.75) is 26.3 Å². The van der Waals surface area contributed by atoms with E-state index in [1.165, 1.54) is 11.6 Å². The number of hydrogen-bond donors (Lipinski definition) is 3. The number of aromatic nitrogens is 2. The number of amidine groups is 2. The number of hydrogen-bond acceptors (Lipinski definition) is 7. The van der Waals surface area contributed by atoms with Gasteiger partial charge in [-0.1, -0.05) is 55.5 Å². The van der Waals surface area contributed by atoms with Gasteiger partial charge in [-0.3, -0.25) is 0 Å². The molecule has 3 heterocycles. The van der Waals surface area contributed by atoms with Crippen LogP contribution in [0, 0.1) is 6.92 Å². The van der Waals surface area contributed by atoms with E-state index in [1.54, 1.807) is 6.07 Å². The fourth-order valence-electron chi connectivity index (χ4n) is 5.53. The smallest absolute Gasteiger partial charge is 0.179 e. The highest BCUT2D eigenvalue weighted by molar-refractivity contribution is 6.51. The number of nitrogens with one attached hydrogen (secondary N) is 1. The second-order valence-electron chi connectivity index (χ2n) is 10.2. The molecule has 8 heteroatoms. The summed E-state index contributed by atoms with van der Waals surface area (Å²) >= 11 is 0. The van der Waals surface area contributed by atoms with E-state index in [0.717, 1.165) is 46.0 Å². The van der Waals surface area contributed by atoms with E-state index in [9.17, 15) is 10.2 Å². The summed E-state index contributed by atoms with van der Waals surface area (Å²) in [6.07, 6.45) is 0.960. The van der Waals surface area contributed by atoms with Crippen LogP contribution in [-0.4, -0.2) is 31.7 Å². The summed E-state index contributed by atoms with van der Waals surface area (Å²) in [5.74, 6) is 1.56. The van der Waals surface area contributed by atoms with Gasteiger partial charge in [0.25, 0.3) is 0 Å². The van der Waals surface area contributed by atoms with Crippen LogP contribution in [0.1, 0.15) is 35.3 Å². The van der Waals surface area contributed by atoms with E-state index in [4.69, 9.17) is 15.1 Å². The normalized spacial score (nSPS) is 15.4. The highest BCUT2D eigenvalue weighted by atomic mass is 16.3. The average molecular weight is 541 g/mol. The van der Waals surface area contributed by atoms with Crippen molar-refractivity contribution in [3.05, 3.63) is 119 Å². The third-order valence-electron chi connectivity index (χ3n) is 7.58. The predicted octanol–water partition coefficient (Wildman–Crippen LogP) is 6.95. The highest BCUT2D eigenvalue weighted by Gasteiger charge is 2.41. The molecule has 4 aromatic carbocycles. The minimum absolute atomic E-state index is 0.172. The lowest BCUT2D eigenvalue weighted by molar-refractivity contribution is 0.403. The molecule has 202 valence electrons. The summed E-state index contributed by atoms with van der Waals surface area (Å²) in [4.78, 5) is 12.4. The Bertz CT molecular complexity index is 1840. The van der Waals surface area contributed by atoms with Crippen LogP contribution in [0.5, 0.6) is 11.5 Å². The average Bonchev–Trinajstić information content (AvgIpc) is 3.34. The van der Waals surface area contributed by atoms with Gasteiger partial charge in [0.2, 0.25) is 0 Å². The molecule has 0 saturated carbocycles. The predicted molar refractivity (Wildman–Crippen MR) is 162 cm³/mol. The zero-order chi connectivity index (χ0) is 28.1. The monoisotopic (exact) mass is 540 g/mol. The van der Waals surface area contributed by atoms with Crippen molar-refractivity contribution in [1.29, 1.82) is 0 Å². The quantitative estimate of drug-likeness (QED) is 0.214. The summed E-state index contributed by atoms with van der Waals surface area (Å²) in [5.41, 5.74) is 7.23. The standard InChI is InChI=1S/C33H28N6O2/c1-3-21-13-16-23(17-14-21)34-31-33-36-32-29(20(2)37-39(32)24-9-5-4-6-10-24)30(22-15-18-27(40)28(41)19-22)38(33)26-12-8-7-11-25(26)35-31/h4-19,30,40-41H,3H2,1-2H3,(H,34,35). The lowest BCUT2D eigenvalue weighted by Gasteiger charge is -2.40. The van der Waals surface area contributed by atoms with E-state index in [0.29, 0.717) is 17.5 Å². The summed E-state index contributed by atoms with van der Waals surface area (Å²) < 4.78 is 1.86. The van der Waals surface area contributed by atoms with Gasteiger partial charge in [0, 0.05) is 11.3 Å². The third kappa shape index (κ3) is 4.12. The molecule has 0 amide bonds. The number of phenols is 2. The van der Waals surface area contributed by atoms with Crippen molar-refractivity contribution in [1.82, 2.24) is 9.78 Å². The Hall–Kier alpha value is -5.37. The Kier molecular flexibility index (Phi) is 5.82. The molecular formula is C33H28N6O2. The van der Waals surface area contributed by atoms with Gasteiger partial charge in [-0.25, -0.2) is 14.7 Å². The first-order valence-corrected chi connectivity index (χ1v) is 13.6. The SMILES string of the molecule is CCc1ccc(NC2=Nc3ccccc3N3C2=Nc2c(c(C)nn2-c2ccccc2)C3c2ccc(O)c(O)c2)cc1. The van der Waals surface area contributed by atoms with Gasteiger partial charge in [-0.15, -0.1) is 0 Å². The fraction of sp³-hybridized carbons (Fsp3) is 0.121. The molecule has 0 bridgehead atoms. The van der Waals surface area contributed by atoms with Gasteiger partial charge in [0.05, 0.1) is 28.8 Å². The van der Waals surface area contributed by atoms with E-state index < -0.39 is 6.04 Å². The van der Waals surface area contributed by atoms with Crippen molar-refractivity contribution in [3.63, 3.8) is 0 Å². The number of aryl methyl sites for hydroxylation is 2. The maximum atomic E-state index is 10.6. The van der Waals surface area contributed by atoms with E-state index in [-0.39, 0.29) is 11.5 Å². The third-order valence-corrected chi connectivity index (χ3v) is 7.58. The number of rotatable bonds is 4. The van der Waals surface area contributed by atoms with Crippen LogP contribution in [0.15, 0.2) is 107 Å². The fourth-order valence-corrected chi connectivity index (χ4v) is 5.53. The molecule has 2 aliphatic heterocycles. The molecule has 5 aromatic rings.